The molecule has 0 fully saturated rings. The Hall–Kier alpha value is -7.23. The molecular weight excluding hydrogens is 691 g/mol. The van der Waals surface area contributed by atoms with Crippen LogP contribution in [0.2, 0.25) is 0 Å². The Morgan fingerprint density at radius 2 is 0.982 bits per heavy atom. The molecule has 0 radical (unpaired) electrons. The normalized spacial score (nSPS) is 12.9. The molecule has 2 aromatic heterocycles. The van der Waals surface area contributed by atoms with Crippen LogP contribution in [-0.2, 0) is 5.41 Å². The summed E-state index contributed by atoms with van der Waals surface area (Å²) in [5.74, 6) is 0.697. The molecule has 0 unspecified atom stereocenters. The zero-order chi connectivity index (χ0) is 38.1. The first kappa shape index (κ1) is 33.1. The Balaban J connectivity index is 1.16. The third-order valence-electron chi connectivity index (χ3n) is 11.9. The van der Waals surface area contributed by atoms with E-state index in [-0.39, 0.29) is 5.41 Å². The van der Waals surface area contributed by atoms with Crippen molar-refractivity contribution in [3.63, 3.8) is 0 Å². The van der Waals surface area contributed by atoms with E-state index in [0.717, 1.165) is 50.2 Å². The van der Waals surface area contributed by atoms with Gasteiger partial charge in [0.2, 0.25) is 0 Å². The number of rotatable bonds is 5. The molecule has 0 spiro atoms. The third-order valence-corrected chi connectivity index (χ3v) is 11.9. The number of benzene rings is 8. The molecule has 3 nitrogen and oxygen atoms in total. The molecule has 3 heteroatoms. The Labute approximate surface area is 332 Å². The smallest absolute Gasteiger partial charge is 0.160 e. The van der Waals surface area contributed by atoms with Crippen LogP contribution in [-0.4, -0.2) is 15.0 Å². The number of nitrogens with zero attached hydrogens (tertiary/aromatic N) is 3. The van der Waals surface area contributed by atoms with Crippen molar-refractivity contribution >= 4 is 32.4 Å². The molecule has 0 aliphatic heterocycles. The summed E-state index contributed by atoms with van der Waals surface area (Å²) in [4.78, 5) is 16.0. The highest BCUT2D eigenvalue weighted by Gasteiger charge is 2.40. The minimum atomic E-state index is -0.263. The molecule has 0 bridgehead atoms. The van der Waals surface area contributed by atoms with Crippen LogP contribution in [0.25, 0.3) is 99.9 Å². The Kier molecular flexibility index (Phi) is 7.52. The first-order valence-electron chi connectivity index (χ1n) is 19.6. The Morgan fingerprint density at radius 1 is 0.404 bits per heavy atom. The van der Waals surface area contributed by atoms with Crippen molar-refractivity contribution in [1.82, 2.24) is 15.0 Å². The summed E-state index contributed by atoms with van der Waals surface area (Å²) >= 11 is 0. The van der Waals surface area contributed by atoms with Crippen LogP contribution >= 0.6 is 0 Å². The van der Waals surface area contributed by atoms with Crippen LogP contribution in [0, 0.1) is 0 Å². The summed E-state index contributed by atoms with van der Waals surface area (Å²) in [5, 5.41) is 5.94. The molecule has 8 aromatic carbocycles. The van der Waals surface area contributed by atoms with Crippen molar-refractivity contribution in [2.75, 3.05) is 0 Å². The Morgan fingerprint density at radius 3 is 1.75 bits per heavy atom. The first-order valence-corrected chi connectivity index (χ1v) is 19.6. The molecule has 57 heavy (non-hydrogen) atoms. The van der Waals surface area contributed by atoms with E-state index >= 15 is 0 Å². The monoisotopic (exact) mass is 727 g/mol. The molecule has 2 heterocycles. The number of pyridine rings is 1. The largest absolute Gasteiger partial charge is 0.247 e. The highest BCUT2D eigenvalue weighted by atomic mass is 14.9. The SMILES string of the molecule is CC1(C)c2ccccc2-c2nc3ccc4ccccc4c3c(-c3ccc(-c4cc(-c5ccccc5)nc(-c5ccc(-c6ccccc6)cc5)n4)c4ccccc34)c21. The molecule has 0 amide bonds. The van der Waals surface area contributed by atoms with Crippen molar-refractivity contribution < 1.29 is 0 Å². The highest BCUT2D eigenvalue weighted by Crippen LogP contribution is 2.55. The molecule has 268 valence electrons. The van der Waals surface area contributed by atoms with Crippen molar-refractivity contribution in [2.24, 2.45) is 0 Å². The topological polar surface area (TPSA) is 38.7 Å². The van der Waals surface area contributed by atoms with Gasteiger partial charge in [-0.05, 0) is 67.1 Å². The van der Waals surface area contributed by atoms with Crippen LogP contribution < -0.4 is 0 Å². The zero-order valence-electron chi connectivity index (χ0n) is 31.7. The first-order chi connectivity index (χ1) is 28.0. The predicted molar refractivity (Wildman–Crippen MR) is 237 cm³/mol. The van der Waals surface area contributed by atoms with Crippen molar-refractivity contribution in [3.8, 4) is 67.4 Å². The van der Waals surface area contributed by atoms with Crippen LogP contribution in [0.1, 0.15) is 25.0 Å². The van der Waals surface area contributed by atoms with Gasteiger partial charge in [0.15, 0.2) is 5.82 Å². The number of aromatic nitrogens is 3. The van der Waals surface area contributed by atoms with Gasteiger partial charge in [0.25, 0.3) is 0 Å². The van der Waals surface area contributed by atoms with Crippen molar-refractivity contribution in [2.45, 2.75) is 19.3 Å². The van der Waals surface area contributed by atoms with Gasteiger partial charge in [-0.2, -0.15) is 0 Å². The van der Waals surface area contributed by atoms with E-state index < -0.39 is 0 Å². The molecule has 1 aliphatic carbocycles. The number of hydrogen-bond donors (Lipinski definition) is 0. The average Bonchev–Trinajstić information content (AvgIpc) is 3.51. The summed E-state index contributed by atoms with van der Waals surface area (Å²) in [6, 6.07) is 67.0. The van der Waals surface area contributed by atoms with Crippen LogP contribution in [0.15, 0.2) is 188 Å². The maximum Gasteiger partial charge on any atom is 0.160 e. The van der Waals surface area contributed by atoms with Gasteiger partial charge in [-0.15, -0.1) is 0 Å². The van der Waals surface area contributed by atoms with E-state index in [1.54, 1.807) is 0 Å². The van der Waals surface area contributed by atoms with Gasteiger partial charge in [-0.1, -0.05) is 190 Å². The predicted octanol–water partition coefficient (Wildman–Crippen LogP) is 14.0. The zero-order valence-corrected chi connectivity index (χ0v) is 31.7. The number of hydrogen-bond acceptors (Lipinski definition) is 3. The second-order valence-electron chi connectivity index (χ2n) is 15.5. The summed E-state index contributed by atoms with van der Waals surface area (Å²) in [6.07, 6.45) is 0. The fourth-order valence-electron chi connectivity index (χ4n) is 9.13. The quantitative estimate of drug-likeness (QED) is 0.166. The van der Waals surface area contributed by atoms with Crippen LogP contribution in [0.3, 0.4) is 0 Å². The minimum absolute atomic E-state index is 0.263. The van der Waals surface area contributed by atoms with E-state index in [1.165, 1.54) is 54.9 Å². The highest BCUT2D eigenvalue weighted by molar-refractivity contribution is 6.19. The lowest BCUT2D eigenvalue weighted by Gasteiger charge is -2.26. The lowest BCUT2D eigenvalue weighted by Crippen LogP contribution is -2.17. The van der Waals surface area contributed by atoms with Gasteiger partial charge < -0.3 is 0 Å². The molecule has 10 aromatic rings. The van der Waals surface area contributed by atoms with Gasteiger partial charge in [-0.25, -0.2) is 15.0 Å². The van der Waals surface area contributed by atoms with E-state index in [2.05, 4.69) is 190 Å². The number of fused-ring (bicyclic) bond motifs is 7. The lowest BCUT2D eigenvalue weighted by atomic mass is 9.77. The van der Waals surface area contributed by atoms with Crippen molar-refractivity contribution in [1.29, 1.82) is 0 Å². The summed E-state index contributed by atoms with van der Waals surface area (Å²) in [7, 11) is 0. The van der Waals surface area contributed by atoms with Crippen molar-refractivity contribution in [3.05, 3.63) is 199 Å². The molecule has 0 saturated heterocycles. The second kappa shape index (κ2) is 12.9. The van der Waals surface area contributed by atoms with Gasteiger partial charge in [-0.3, -0.25) is 0 Å². The summed E-state index contributed by atoms with van der Waals surface area (Å²) in [5.41, 5.74) is 15.3. The fourth-order valence-corrected chi connectivity index (χ4v) is 9.13. The summed E-state index contributed by atoms with van der Waals surface area (Å²) < 4.78 is 0. The second-order valence-corrected chi connectivity index (χ2v) is 15.5. The maximum atomic E-state index is 5.46. The molecule has 0 atom stereocenters. The van der Waals surface area contributed by atoms with Gasteiger partial charge in [0.05, 0.1) is 22.6 Å². The van der Waals surface area contributed by atoms with Gasteiger partial charge in [0.1, 0.15) is 0 Å². The van der Waals surface area contributed by atoms with Gasteiger partial charge in [0, 0.05) is 33.1 Å². The molecule has 0 N–H and O–H groups in total. The molecule has 1 aliphatic rings. The van der Waals surface area contributed by atoms with E-state index in [0.29, 0.717) is 5.82 Å². The molecule has 11 rings (SSSR count). The van der Waals surface area contributed by atoms with E-state index in [4.69, 9.17) is 15.0 Å². The van der Waals surface area contributed by atoms with E-state index in [1.807, 2.05) is 12.1 Å². The average molecular weight is 728 g/mol. The minimum Gasteiger partial charge on any atom is -0.247 e. The van der Waals surface area contributed by atoms with Crippen LogP contribution in [0.5, 0.6) is 0 Å². The fraction of sp³-hybridized carbons (Fsp3) is 0.0556. The Bertz CT molecular complexity index is 3180. The standard InChI is InChI=1S/C54H37N3/c1-54(2)45-24-14-13-23-44(45)52-51(54)50(49-39-20-10-9-17-36(39)29-32-46(49)55-52)43-31-30-42(40-21-11-12-22-41(40)43)48-33-47(37-18-7-4-8-19-37)56-53(57-48)38-27-25-35(26-28-38)34-15-5-3-6-16-34/h3-33H,1-2H3. The lowest BCUT2D eigenvalue weighted by molar-refractivity contribution is 0.662. The molecular formula is C54H37N3. The maximum absolute atomic E-state index is 5.46. The third kappa shape index (κ3) is 5.31. The van der Waals surface area contributed by atoms with E-state index in [9.17, 15) is 0 Å². The van der Waals surface area contributed by atoms with Gasteiger partial charge >= 0.3 is 0 Å². The van der Waals surface area contributed by atoms with Crippen LogP contribution in [0.4, 0.5) is 0 Å². The molecule has 0 saturated carbocycles. The summed E-state index contributed by atoms with van der Waals surface area (Å²) in [6.45, 7) is 4.71.